The first-order chi connectivity index (χ1) is 20.7. The first-order valence-corrected chi connectivity index (χ1v) is 14.6. The van der Waals surface area contributed by atoms with Crippen LogP contribution in [0.2, 0.25) is 5.02 Å². The second-order valence-corrected chi connectivity index (χ2v) is 11.4. The normalized spacial score (nSPS) is 12.4. The van der Waals surface area contributed by atoms with Gasteiger partial charge in [-0.15, -0.1) is 0 Å². The van der Waals surface area contributed by atoms with E-state index >= 15 is 0 Å². The van der Waals surface area contributed by atoms with Crippen LogP contribution in [0.25, 0.3) is 11.1 Å². The number of amides is 2. The molecule has 8 nitrogen and oxygen atoms in total. The Labute approximate surface area is 258 Å². The van der Waals surface area contributed by atoms with Gasteiger partial charge in [0.1, 0.15) is 17.2 Å². The Balaban J connectivity index is 1.49. The third kappa shape index (κ3) is 6.26. The van der Waals surface area contributed by atoms with Gasteiger partial charge in [0.2, 0.25) is 0 Å². The maximum Gasteiger partial charge on any atom is 0.270 e. The van der Waals surface area contributed by atoms with Crippen LogP contribution < -0.4 is 14.4 Å². The van der Waals surface area contributed by atoms with Crippen molar-refractivity contribution in [1.82, 2.24) is 14.4 Å². The number of halogens is 1. The molecule has 1 aromatic heterocycles. The molecule has 9 heteroatoms. The van der Waals surface area contributed by atoms with E-state index < -0.39 is 0 Å². The van der Waals surface area contributed by atoms with E-state index in [-0.39, 0.29) is 18.4 Å². The molecule has 2 amide bonds. The molecule has 1 aliphatic heterocycles. The Morgan fingerprint density at radius 2 is 1.67 bits per heavy atom. The molecule has 0 fully saturated rings. The molecule has 0 saturated carbocycles. The van der Waals surface area contributed by atoms with Crippen molar-refractivity contribution >= 4 is 29.1 Å². The standard InChI is InChI=1S/C34H37ClN4O4/c1-36(2)16-9-17-37(3)34(41)31-15-14-25-22-39(30-13-7-6-10-24(30)21-38(25)31)33(40)28-19-29(35)27(20-32(28)43-5)23-11-8-12-26(18-23)42-4/h6-8,10-15,18-20H,9,16-17,21-22H2,1-5H3. The Morgan fingerprint density at radius 1 is 0.884 bits per heavy atom. The fourth-order valence-electron chi connectivity index (χ4n) is 5.50. The number of ether oxygens (including phenoxy) is 2. The number of anilines is 1. The van der Waals surface area contributed by atoms with Gasteiger partial charge in [-0.1, -0.05) is 41.9 Å². The van der Waals surface area contributed by atoms with E-state index in [9.17, 15) is 9.59 Å². The van der Waals surface area contributed by atoms with E-state index in [4.69, 9.17) is 21.1 Å². The lowest BCUT2D eigenvalue weighted by atomic mass is 10.0. The zero-order chi connectivity index (χ0) is 30.7. The van der Waals surface area contributed by atoms with E-state index in [1.807, 2.05) is 86.4 Å². The van der Waals surface area contributed by atoms with E-state index in [2.05, 4.69) is 4.90 Å². The Hall–Kier alpha value is -4.27. The highest BCUT2D eigenvalue weighted by molar-refractivity contribution is 6.34. The topological polar surface area (TPSA) is 67.2 Å². The summed E-state index contributed by atoms with van der Waals surface area (Å²) in [6.07, 6.45) is 0.884. The summed E-state index contributed by atoms with van der Waals surface area (Å²) in [7, 11) is 9.05. The monoisotopic (exact) mass is 600 g/mol. The number of methoxy groups -OCH3 is 2. The number of para-hydroxylation sites is 1. The molecule has 4 aromatic rings. The van der Waals surface area contributed by atoms with Crippen molar-refractivity contribution in [2.75, 3.05) is 53.4 Å². The number of fused-ring (bicyclic) bond motifs is 2. The highest BCUT2D eigenvalue weighted by Gasteiger charge is 2.30. The van der Waals surface area contributed by atoms with Gasteiger partial charge in [-0.2, -0.15) is 0 Å². The molecular formula is C34H37ClN4O4. The largest absolute Gasteiger partial charge is 0.497 e. The SMILES string of the molecule is COc1cccc(-c2cc(OC)c(C(=O)N3Cc4ccc(C(=O)N(C)CCCN(C)C)n4Cc4ccccc43)cc2Cl)c1. The molecule has 5 rings (SSSR count). The molecule has 0 radical (unpaired) electrons. The first kappa shape index (κ1) is 30.2. The van der Waals surface area contributed by atoms with Crippen LogP contribution in [0.5, 0.6) is 11.5 Å². The first-order valence-electron chi connectivity index (χ1n) is 14.2. The molecule has 0 bridgehead atoms. The molecule has 0 saturated heterocycles. The summed E-state index contributed by atoms with van der Waals surface area (Å²) in [5, 5.41) is 0.425. The number of hydrogen-bond acceptors (Lipinski definition) is 5. The quantitative estimate of drug-likeness (QED) is 0.234. The molecule has 1 aliphatic rings. The van der Waals surface area contributed by atoms with Gasteiger partial charge in [-0.05, 0) is 80.7 Å². The van der Waals surface area contributed by atoms with Crippen molar-refractivity contribution in [3.05, 3.63) is 100 Å². The minimum absolute atomic E-state index is 0.0381. The lowest BCUT2D eigenvalue weighted by Crippen LogP contribution is -2.32. The van der Waals surface area contributed by atoms with Gasteiger partial charge < -0.3 is 28.7 Å². The molecule has 224 valence electrons. The number of nitrogens with zero attached hydrogens (tertiary/aromatic N) is 4. The van der Waals surface area contributed by atoms with E-state index in [0.717, 1.165) is 41.0 Å². The highest BCUT2D eigenvalue weighted by Crippen LogP contribution is 2.38. The summed E-state index contributed by atoms with van der Waals surface area (Å²) in [6, 6.07) is 22.6. The lowest BCUT2D eigenvalue weighted by molar-refractivity contribution is 0.0780. The van der Waals surface area contributed by atoms with Gasteiger partial charge in [0, 0.05) is 35.6 Å². The molecule has 0 atom stereocenters. The van der Waals surface area contributed by atoms with Crippen LogP contribution in [0.3, 0.4) is 0 Å². The van der Waals surface area contributed by atoms with Crippen molar-refractivity contribution in [2.24, 2.45) is 0 Å². The van der Waals surface area contributed by atoms with Gasteiger partial charge >= 0.3 is 0 Å². The minimum atomic E-state index is -0.244. The average Bonchev–Trinajstić information content (AvgIpc) is 3.32. The van der Waals surface area contributed by atoms with Crippen LogP contribution in [-0.2, 0) is 13.1 Å². The number of hydrogen-bond donors (Lipinski definition) is 0. The van der Waals surface area contributed by atoms with E-state index in [1.165, 1.54) is 0 Å². The Bertz CT molecular complexity index is 1650. The van der Waals surface area contributed by atoms with Crippen LogP contribution >= 0.6 is 11.6 Å². The van der Waals surface area contributed by atoms with Crippen molar-refractivity contribution in [3.8, 4) is 22.6 Å². The minimum Gasteiger partial charge on any atom is -0.497 e. The molecular weight excluding hydrogens is 564 g/mol. The number of carbonyl (C=O) groups excluding carboxylic acids is 2. The van der Waals surface area contributed by atoms with Crippen LogP contribution in [-0.4, -0.2) is 74.6 Å². The second kappa shape index (κ2) is 12.9. The van der Waals surface area contributed by atoms with Crippen molar-refractivity contribution in [2.45, 2.75) is 19.5 Å². The van der Waals surface area contributed by atoms with Crippen LogP contribution in [0.15, 0.2) is 72.8 Å². The van der Waals surface area contributed by atoms with Crippen LogP contribution in [0, 0.1) is 0 Å². The molecule has 2 heterocycles. The van der Waals surface area contributed by atoms with Gasteiger partial charge in [-0.3, -0.25) is 9.59 Å². The number of carbonyl (C=O) groups is 2. The number of rotatable bonds is 9. The third-order valence-corrected chi connectivity index (χ3v) is 8.12. The zero-order valence-electron chi connectivity index (χ0n) is 25.3. The van der Waals surface area contributed by atoms with Gasteiger partial charge in [0.05, 0.1) is 32.9 Å². The zero-order valence-corrected chi connectivity index (χ0v) is 26.0. The van der Waals surface area contributed by atoms with Crippen molar-refractivity contribution in [1.29, 1.82) is 0 Å². The molecule has 0 aliphatic carbocycles. The van der Waals surface area contributed by atoms with E-state index in [0.29, 0.717) is 40.9 Å². The number of aromatic nitrogens is 1. The fraction of sp³-hybridized carbons (Fsp3) is 0.294. The number of benzene rings is 3. The summed E-state index contributed by atoms with van der Waals surface area (Å²) < 4.78 is 13.1. The second-order valence-electron chi connectivity index (χ2n) is 11.0. The fourth-order valence-corrected chi connectivity index (χ4v) is 5.77. The summed E-state index contributed by atoms with van der Waals surface area (Å²) in [5.41, 5.74) is 5.13. The van der Waals surface area contributed by atoms with Crippen LogP contribution in [0.1, 0.15) is 38.5 Å². The molecule has 43 heavy (non-hydrogen) atoms. The third-order valence-electron chi connectivity index (χ3n) is 7.81. The molecule has 0 N–H and O–H groups in total. The highest BCUT2D eigenvalue weighted by atomic mass is 35.5. The summed E-state index contributed by atoms with van der Waals surface area (Å²) >= 11 is 6.79. The average molecular weight is 601 g/mol. The predicted octanol–water partition coefficient (Wildman–Crippen LogP) is 6.06. The molecule has 0 spiro atoms. The summed E-state index contributed by atoms with van der Waals surface area (Å²) in [5.74, 6) is 0.838. The molecule has 3 aromatic carbocycles. The van der Waals surface area contributed by atoms with Crippen molar-refractivity contribution < 1.29 is 19.1 Å². The van der Waals surface area contributed by atoms with Gasteiger partial charge in [0.25, 0.3) is 11.8 Å². The summed E-state index contributed by atoms with van der Waals surface area (Å²) in [4.78, 5) is 33.4. The lowest BCUT2D eigenvalue weighted by Gasteiger charge is -2.24. The predicted molar refractivity (Wildman–Crippen MR) is 171 cm³/mol. The molecule has 0 unspecified atom stereocenters. The smallest absolute Gasteiger partial charge is 0.270 e. The Morgan fingerprint density at radius 3 is 2.42 bits per heavy atom. The summed E-state index contributed by atoms with van der Waals surface area (Å²) in [6.45, 7) is 2.32. The van der Waals surface area contributed by atoms with Gasteiger partial charge in [-0.25, -0.2) is 0 Å². The van der Waals surface area contributed by atoms with Gasteiger partial charge in [0.15, 0.2) is 0 Å². The maximum atomic E-state index is 14.3. The Kier molecular flexibility index (Phi) is 9.08. The van der Waals surface area contributed by atoms with Crippen molar-refractivity contribution in [3.63, 3.8) is 0 Å². The maximum absolute atomic E-state index is 14.3. The van der Waals surface area contributed by atoms with Crippen LogP contribution in [0.4, 0.5) is 5.69 Å². The van der Waals surface area contributed by atoms with E-state index in [1.54, 1.807) is 36.2 Å².